The standard InChI is InChI=1S/C15H22ClN3O2/c1-3-6-18-7-9-19(10-8-18)15(20)17-12-4-5-14(21-2)13(16)11-12/h4-5,11H,3,6-10H2,1-2H3,(H,17,20). The molecule has 0 unspecified atom stereocenters. The lowest BCUT2D eigenvalue weighted by atomic mass is 10.3. The molecule has 2 rings (SSSR count). The summed E-state index contributed by atoms with van der Waals surface area (Å²) >= 11 is 6.06. The molecule has 0 aromatic heterocycles. The van der Waals surface area contributed by atoms with Crippen LogP contribution < -0.4 is 10.1 Å². The van der Waals surface area contributed by atoms with Crippen LogP contribution in [0.15, 0.2) is 18.2 Å². The summed E-state index contributed by atoms with van der Waals surface area (Å²) < 4.78 is 5.10. The van der Waals surface area contributed by atoms with Crippen molar-refractivity contribution in [2.75, 3.05) is 45.2 Å². The zero-order valence-corrected chi connectivity index (χ0v) is 13.3. The van der Waals surface area contributed by atoms with Gasteiger partial charge in [-0.25, -0.2) is 4.79 Å². The van der Waals surface area contributed by atoms with Gasteiger partial charge >= 0.3 is 6.03 Å². The molecule has 0 saturated carbocycles. The Bertz CT molecular complexity index is 488. The van der Waals surface area contributed by atoms with Crippen LogP contribution in [0.4, 0.5) is 10.5 Å². The Morgan fingerprint density at radius 2 is 2.05 bits per heavy atom. The van der Waals surface area contributed by atoms with E-state index in [1.54, 1.807) is 25.3 Å². The van der Waals surface area contributed by atoms with Gasteiger partial charge in [0.15, 0.2) is 0 Å². The van der Waals surface area contributed by atoms with Gasteiger partial charge in [-0.2, -0.15) is 0 Å². The number of nitrogens with zero attached hydrogens (tertiary/aromatic N) is 2. The monoisotopic (exact) mass is 311 g/mol. The van der Waals surface area contributed by atoms with E-state index in [4.69, 9.17) is 16.3 Å². The average molecular weight is 312 g/mol. The van der Waals surface area contributed by atoms with Gasteiger partial charge in [0.25, 0.3) is 0 Å². The molecule has 1 aliphatic heterocycles. The van der Waals surface area contributed by atoms with Crippen LogP contribution in [0.2, 0.25) is 5.02 Å². The maximum atomic E-state index is 12.2. The molecular formula is C15H22ClN3O2. The molecular weight excluding hydrogens is 290 g/mol. The van der Waals surface area contributed by atoms with Crippen molar-refractivity contribution in [3.8, 4) is 5.75 Å². The van der Waals surface area contributed by atoms with Crippen LogP contribution in [0.3, 0.4) is 0 Å². The summed E-state index contributed by atoms with van der Waals surface area (Å²) in [5.41, 5.74) is 0.682. The molecule has 0 aliphatic carbocycles. The predicted octanol–water partition coefficient (Wildman–Crippen LogP) is 2.91. The van der Waals surface area contributed by atoms with Crippen molar-refractivity contribution in [1.29, 1.82) is 0 Å². The maximum absolute atomic E-state index is 12.2. The van der Waals surface area contributed by atoms with Gasteiger partial charge in [0, 0.05) is 31.9 Å². The number of rotatable bonds is 4. The Morgan fingerprint density at radius 3 is 2.62 bits per heavy atom. The van der Waals surface area contributed by atoms with Crippen LogP contribution in [-0.4, -0.2) is 55.7 Å². The van der Waals surface area contributed by atoms with E-state index >= 15 is 0 Å². The van der Waals surface area contributed by atoms with Gasteiger partial charge in [-0.1, -0.05) is 18.5 Å². The first-order valence-electron chi connectivity index (χ1n) is 7.26. The molecule has 0 spiro atoms. The number of urea groups is 1. The number of ether oxygens (including phenoxy) is 1. The Labute approximate surface area is 130 Å². The molecule has 1 heterocycles. The van der Waals surface area contributed by atoms with E-state index in [0.29, 0.717) is 16.5 Å². The third kappa shape index (κ3) is 4.25. The van der Waals surface area contributed by atoms with Gasteiger partial charge in [-0.05, 0) is 31.2 Å². The summed E-state index contributed by atoms with van der Waals surface area (Å²) in [5.74, 6) is 0.600. The van der Waals surface area contributed by atoms with Crippen LogP contribution in [0.1, 0.15) is 13.3 Å². The van der Waals surface area contributed by atoms with Gasteiger partial charge in [-0.15, -0.1) is 0 Å². The zero-order valence-electron chi connectivity index (χ0n) is 12.6. The van der Waals surface area contributed by atoms with E-state index in [-0.39, 0.29) is 6.03 Å². The number of nitrogens with one attached hydrogen (secondary N) is 1. The van der Waals surface area contributed by atoms with Gasteiger partial charge in [0.2, 0.25) is 0 Å². The predicted molar refractivity (Wildman–Crippen MR) is 85.3 cm³/mol. The van der Waals surface area contributed by atoms with E-state index in [1.807, 2.05) is 4.90 Å². The van der Waals surface area contributed by atoms with E-state index in [1.165, 1.54) is 0 Å². The first-order valence-corrected chi connectivity index (χ1v) is 7.63. The van der Waals surface area contributed by atoms with Crippen molar-refractivity contribution in [3.63, 3.8) is 0 Å². The molecule has 0 bridgehead atoms. The van der Waals surface area contributed by atoms with Crippen molar-refractivity contribution in [2.45, 2.75) is 13.3 Å². The molecule has 1 fully saturated rings. The fraction of sp³-hybridized carbons (Fsp3) is 0.533. The first kappa shape index (κ1) is 15.9. The highest BCUT2D eigenvalue weighted by atomic mass is 35.5. The third-order valence-corrected chi connectivity index (χ3v) is 3.90. The first-order chi connectivity index (χ1) is 10.1. The summed E-state index contributed by atoms with van der Waals surface area (Å²) in [4.78, 5) is 16.4. The Hall–Kier alpha value is -1.46. The van der Waals surface area contributed by atoms with E-state index in [9.17, 15) is 4.79 Å². The average Bonchev–Trinajstić information content (AvgIpc) is 2.48. The zero-order chi connectivity index (χ0) is 15.2. The number of amides is 2. The van der Waals surface area contributed by atoms with Crippen molar-refractivity contribution >= 4 is 23.3 Å². The second-order valence-corrected chi connectivity index (χ2v) is 5.52. The molecule has 5 nitrogen and oxygen atoms in total. The second-order valence-electron chi connectivity index (χ2n) is 5.11. The number of methoxy groups -OCH3 is 1. The summed E-state index contributed by atoms with van der Waals surface area (Å²) in [6, 6.07) is 5.16. The highest BCUT2D eigenvalue weighted by Gasteiger charge is 2.20. The smallest absolute Gasteiger partial charge is 0.321 e. The van der Waals surface area contributed by atoms with Gasteiger partial charge in [-0.3, -0.25) is 4.90 Å². The number of anilines is 1. The van der Waals surface area contributed by atoms with Crippen molar-refractivity contribution < 1.29 is 9.53 Å². The number of benzene rings is 1. The number of hydrogen-bond donors (Lipinski definition) is 1. The summed E-state index contributed by atoms with van der Waals surface area (Å²) in [6.07, 6.45) is 1.15. The van der Waals surface area contributed by atoms with Crippen molar-refractivity contribution in [3.05, 3.63) is 23.2 Å². The summed E-state index contributed by atoms with van der Waals surface area (Å²) in [7, 11) is 1.56. The lowest BCUT2D eigenvalue weighted by Crippen LogP contribution is -2.50. The summed E-state index contributed by atoms with van der Waals surface area (Å²) in [6.45, 7) is 6.66. The number of carbonyl (C=O) groups is 1. The molecule has 2 amide bonds. The molecule has 1 aromatic rings. The van der Waals surface area contributed by atoms with Crippen LogP contribution in [0, 0.1) is 0 Å². The lowest BCUT2D eigenvalue weighted by molar-refractivity contribution is 0.147. The Balaban J connectivity index is 1.89. The minimum Gasteiger partial charge on any atom is -0.495 e. The molecule has 1 saturated heterocycles. The molecule has 0 atom stereocenters. The minimum atomic E-state index is -0.0765. The SMILES string of the molecule is CCCN1CCN(C(=O)Nc2ccc(OC)c(Cl)c2)CC1. The normalized spacial score (nSPS) is 15.9. The van der Waals surface area contributed by atoms with Crippen LogP contribution >= 0.6 is 11.6 Å². The topological polar surface area (TPSA) is 44.8 Å². The van der Waals surface area contributed by atoms with Gasteiger partial charge in [0.05, 0.1) is 12.1 Å². The second kappa shape index (κ2) is 7.52. The lowest BCUT2D eigenvalue weighted by Gasteiger charge is -2.34. The molecule has 116 valence electrons. The third-order valence-electron chi connectivity index (χ3n) is 3.60. The molecule has 1 aromatic carbocycles. The van der Waals surface area contributed by atoms with Crippen LogP contribution in [0.25, 0.3) is 0 Å². The fourth-order valence-electron chi connectivity index (χ4n) is 2.44. The van der Waals surface area contributed by atoms with Crippen molar-refractivity contribution in [1.82, 2.24) is 9.80 Å². The van der Waals surface area contributed by atoms with Crippen LogP contribution in [0.5, 0.6) is 5.75 Å². The molecule has 1 aliphatic rings. The maximum Gasteiger partial charge on any atom is 0.321 e. The number of carbonyl (C=O) groups excluding carboxylic acids is 1. The van der Waals surface area contributed by atoms with Gasteiger partial charge in [0.1, 0.15) is 5.75 Å². The van der Waals surface area contributed by atoms with Crippen molar-refractivity contribution in [2.24, 2.45) is 0 Å². The fourth-order valence-corrected chi connectivity index (χ4v) is 2.70. The van der Waals surface area contributed by atoms with E-state index in [2.05, 4.69) is 17.1 Å². The largest absolute Gasteiger partial charge is 0.495 e. The molecule has 0 radical (unpaired) electrons. The number of piperazine rings is 1. The Morgan fingerprint density at radius 1 is 1.33 bits per heavy atom. The highest BCUT2D eigenvalue weighted by Crippen LogP contribution is 2.27. The van der Waals surface area contributed by atoms with E-state index < -0.39 is 0 Å². The van der Waals surface area contributed by atoms with Gasteiger partial charge < -0.3 is 15.0 Å². The molecule has 6 heteroatoms. The summed E-state index contributed by atoms with van der Waals surface area (Å²) in [5, 5.41) is 3.37. The quantitative estimate of drug-likeness (QED) is 0.930. The minimum absolute atomic E-state index is 0.0765. The Kier molecular flexibility index (Phi) is 5.70. The molecule has 1 N–H and O–H groups in total. The number of hydrogen-bond acceptors (Lipinski definition) is 3. The molecule has 21 heavy (non-hydrogen) atoms. The highest BCUT2D eigenvalue weighted by molar-refractivity contribution is 6.32. The number of halogens is 1. The van der Waals surface area contributed by atoms with E-state index in [0.717, 1.165) is 39.1 Å². The van der Waals surface area contributed by atoms with Crippen LogP contribution in [-0.2, 0) is 0 Å².